The first kappa shape index (κ1) is 94.8. The lowest BCUT2D eigenvalue weighted by Crippen LogP contribution is -2.59. The second kappa shape index (κ2) is 45.1. The van der Waals surface area contributed by atoms with E-state index in [1.807, 2.05) is 13.8 Å². The SMILES string of the molecule is CCCC[C@H]1C(=O)N(C)[C@@H](CCCC)C(=O)NCC(=O)N[C@H](C(=O)NCC(N)=O)CSCC(=O)N[C@@H](Cc2ccc(O)cc2)C(=O)N(C)[C@@H](C)C(=O)N[C@H](CC(N)=O)C(=O)N2CCC[C@H]2C(=O)NCC(=O)N[C@@H](CCC(N)=O)C(=O)N2C[C@H](O)C[C@H]2C(=O)N[C@@H](Cc2c[nH]c3ccccc23)C(=O)NCC(=O)N[C@@H](Cc2c[nH]c3ccccc23)C(=O)N1C. The van der Waals surface area contributed by atoms with Crippen LogP contribution in [-0.2, 0) is 106 Å². The second-order valence-corrected chi connectivity index (χ2v) is 31.6. The van der Waals surface area contributed by atoms with E-state index in [9.17, 15) is 86.9 Å². The first-order valence-corrected chi connectivity index (χ1v) is 41.5. The number of carbonyl (C=O) groups is 18. The van der Waals surface area contributed by atoms with Gasteiger partial charge in [0, 0.05) is 106 Å². The number of primary amides is 3. The molecule has 8 rings (SSSR count). The van der Waals surface area contributed by atoms with Gasteiger partial charge in [0.15, 0.2) is 0 Å². The molecular weight excluding hydrogens is 1610 g/mol. The molecule has 41 heteroatoms. The molecule has 0 bridgehead atoms. The van der Waals surface area contributed by atoms with Crippen molar-refractivity contribution < 1.29 is 96.5 Å². The van der Waals surface area contributed by atoms with E-state index in [4.69, 9.17) is 17.2 Å². The van der Waals surface area contributed by atoms with Crippen LogP contribution in [-0.4, -0.2) is 295 Å². The number of thioether (sulfide) groups is 1. The number of aliphatic hydroxyl groups is 1. The highest BCUT2D eigenvalue weighted by Crippen LogP contribution is 2.27. The number of fused-ring (bicyclic) bond motifs is 4. The summed E-state index contributed by atoms with van der Waals surface area (Å²) in [6.07, 6.45) is 1.17. The molecule has 12 atom stereocenters. The molecule has 3 aliphatic heterocycles. The summed E-state index contributed by atoms with van der Waals surface area (Å²) in [5.74, 6) is -17.6. The molecule has 0 radical (unpaired) electrons. The number of aromatic hydroxyl groups is 1. The third-order valence-corrected chi connectivity index (χ3v) is 22.6. The number of H-pyrrole nitrogens is 2. The molecule has 18 amide bonds. The maximum atomic E-state index is 15.4. The number of nitrogens with zero attached hydrogens (tertiary/aromatic N) is 5. The molecule has 0 spiro atoms. The van der Waals surface area contributed by atoms with Gasteiger partial charge < -0.3 is 115 Å². The lowest BCUT2D eigenvalue weighted by molar-refractivity contribution is -0.149. The third-order valence-electron chi connectivity index (χ3n) is 21.6. The van der Waals surface area contributed by atoms with Crippen LogP contribution in [0.15, 0.2) is 85.2 Å². The number of hydrogen-bond donors (Lipinski definition) is 17. The molecule has 5 aromatic rings. The number of phenolic OH excluding ortho intramolecular Hbond substituents is 1. The van der Waals surface area contributed by atoms with Crippen molar-refractivity contribution in [3.8, 4) is 5.75 Å². The van der Waals surface area contributed by atoms with Crippen LogP contribution < -0.4 is 70.4 Å². The number of rotatable bonds is 20. The van der Waals surface area contributed by atoms with Gasteiger partial charge in [-0.25, -0.2) is 0 Å². The van der Waals surface area contributed by atoms with Gasteiger partial charge in [-0.3, -0.25) is 86.3 Å². The summed E-state index contributed by atoms with van der Waals surface area (Å²) in [7, 11) is 3.94. The summed E-state index contributed by atoms with van der Waals surface area (Å²) >= 11 is 0.781. The quantitative estimate of drug-likeness (QED) is 0.0353. The average molecular weight is 1720 g/mol. The number of hydrogen-bond acceptors (Lipinski definition) is 21. The van der Waals surface area contributed by atoms with E-state index in [-0.39, 0.29) is 63.0 Å². The van der Waals surface area contributed by atoms with Crippen molar-refractivity contribution in [2.75, 3.05) is 71.9 Å². The molecule has 3 aromatic carbocycles. The van der Waals surface area contributed by atoms with Crippen molar-refractivity contribution in [1.29, 1.82) is 0 Å². The third kappa shape index (κ3) is 26.4. The number of nitrogens with one attached hydrogen (secondary N) is 12. The van der Waals surface area contributed by atoms with Crippen LogP contribution >= 0.6 is 11.8 Å². The van der Waals surface area contributed by atoms with Crippen molar-refractivity contribution >= 4 is 140 Å². The van der Waals surface area contributed by atoms with Gasteiger partial charge in [0.25, 0.3) is 0 Å². The fourth-order valence-electron chi connectivity index (χ4n) is 14.8. The minimum atomic E-state index is -1.75. The van der Waals surface area contributed by atoms with Gasteiger partial charge in [0.2, 0.25) is 106 Å². The second-order valence-electron chi connectivity index (χ2n) is 30.6. The molecular formula is C81H110N20O20S. The molecule has 3 saturated heterocycles. The maximum absolute atomic E-state index is 15.4. The average Bonchev–Trinajstić information content (AvgIpc) is 1.73. The Labute approximate surface area is 707 Å². The van der Waals surface area contributed by atoms with Crippen molar-refractivity contribution in [2.45, 2.75) is 190 Å². The molecule has 3 fully saturated rings. The Kier molecular flexibility index (Phi) is 35.0. The Hall–Kier alpha value is -12.7. The number of phenols is 1. The van der Waals surface area contributed by atoms with Gasteiger partial charge in [-0.2, -0.15) is 0 Å². The van der Waals surface area contributed by atoms with Gasteiger partial charge >= 0.3 is 0 Å². The van der Waals surface area contributed by atoms with E-state index >= 15 is 9.59 Å². The maximum Gasteiger partial charge on any atom is 0.246 e. The van der Waals surface area contributed by atoms with Crippen LogP contribution in [0, 0.1) is 0 Å². The summed E-state index contributed by atoms with van der Waals surface area (Å²) in [5.41, 5.74) is 19.3. The summed E-state index contributed by atoms with van der Waals surface area (Å²) in [5, 5.41) is 48.0. The summed E-state index contributed by atoms with van der Waals surface area (Å²) < 4.78 is 0. The molecule has 5 heterocycles. The van der Waals surface area contributed by atoms with Crippen LogP contribution in [0.1, 0.15) is 115 Å². The summed E-state index contributed by atoms with van der Waals surface area (Å²) in [4.78, 5) is 266. The highest BCUT2D eigenvalue weighted by Gasteiger charge is 2.45. The molecule has 122 heavy (non-hydrogen) atoms. The van der Waals surface area contributed by atoms with Crippen molar-refractivity contribution in [2.24, 2.45) is 17.2 Å². The standard InChI is InChI=1S/C81H110N20O20S/c1-7-9-20-60-74(114)89-40-69(109)94-59(73(113)87-37-66(84)106)42-122-43-70(110)93-56(30-45-23-25-48(102)26-24-45)77(117)97(4)44(3)71(111)96-58(34-65(83)105)80(120)100-29-15-22-61(100)75(115)90-39-67(107)91-54(27-28-64(82)104)79(119)101-41-49(103)33-63(101)76(116)95-55(31-46-35-85-52-18-13-11-16-50(46)52)72(112)88-38-68(108)92-57(32-47-36-86-53-19-14-12-17-51(47)53)78(118)99(6)62(21-10-8-2)81(121)98(60)5/h11-14,16-19,23-26,35-36,44,49,54-63,85-86,102-103H,7-10,15,20-22,27-34,37-43H2,1-6H3,(H2,82,104)(H2,83,105)(H2,84,106)(H,87,113)(H,88,112)(H,89,114)(H,90,115)(H,91,107)(H,92,108)(H,93,110)(H,94,109)(H,95,116)(H,96,111)/t44-,49+,54-,55-,56-,57-,58+,59-,60-,61-,62-,63-/m0/s1. The summed E-state index contributed by atoms with van der Waals surface area (Å²) in [6, 6.07) is 3.36. The minimum Gasteiger partial charge on any atom is -0.508 e. The molecule has 0 aliphatic carbocycles. The number of carbonyl (C=O) groups excluding carboxylic acids is 18. The van der Waals surface area contributed by atoms with E-state index in [0.717, 1.165) is 31.4 Å². The Morgan fingerprint density at radius 1 is 0.516 bits per heavy atom. The highest BCUT2D eigenvalue weighted by molar-refractivity contribution is 8.00. The van der Waals surface area contributed by atoms with Crippen LogP contribution in [0.4, 0.5) is 0 Å². The summed E-state index contributed by atoms with van der Waals surface area (Å²) in [6.45, 7) is 1.20. The largest absolute Gasteiger partial charge is 0.508 e. The normalized spacial score (nSPS) is 24.3. The van der Waals surface area contributed by atoms with E-state index < -0.39 is 243 Å². The molecule has 2 aromatic heterocycles. The van der Waals surface area contributed by atoms with E-state index in [1.54, 1.807) is 60.9 Å². The number of amides is 18. The van der Waals surface area contributed by atoms with Crippen LogP contribution in [0.3, 0.4) is 0 Å². The van der Waals surface area contributed by atoms with Gasteiger partial charge in [-0.05, 0) is 80.0 Å². The molecule has 40 nitrogen and oxygen atoms in total. The lowest BCUT2D eigenvalue weighted by Gasteiger charge is -2.36. The topological polar surface area (TPSA) is 594 Å². The predicted octanol–water partition coefficient (Wildman–Crippen LogP) is -4.04. The lowest BCUT2D eigenvalue weighted by atomic mass is 10.0. The first-order valence-electron chi connectivity index (χ1n) is 40.4. The van der Waals surface area contributed by atoms with Gasteiger partial charge in [0.1, 0.15) is 72.2 Å². The van der Waals surface area contributed by atoms with Crippen LogP contribution in [0.5, 0.6) is 5.75 Å². The Bertz CT molecular complexity index is 4670. The Morgan fingerprint density at radius 2 is 1.04 bits per heavy atom. The number of aromatic amines is 2. The van der Waals surface area contributed by atoms with Crippen LogP contribution in [0.2, 0.25) is 0 Å². The number of para-hydroxylation sites is 2. The monoisotopic (exact) mass is 1710 g/mol. The van der Waals surface area contributed by atoms with E-state index in [0.29, 0.717) is 64.2 Å². The van der Waals surface area contributed by atoms with Gasteiger partial charge in [0.05, 0.1) is 44.5 Å². The number of likely N-dealkylation sites (N-methyl/N-ethyl adjacent to an activating group) is 3. The zero-order valence-corrected chi connectivity index (χ0v) is 69.7. The van der Waals surface area contributed by atoms with E-state index in [2.05, 4.69) is 63.1 Å². The first-order chi connectivity index (χ1) is 58.1. The Morgan fingerprint density at radius 3 is 1.64 bits per heavy atom. The molecule has 0 unspecified atom stereocenters. The Balaban J connectivity index is 1.12. The zero-order chi connectivity index (χ0) is 89.2. The number of aliphatic hydroxyl groups excluding tert-OH is 1. The van der Waals surface area contributed by atoms with Crippen LogP contribution in [0.25, 0.3) is 21.8 Å². The molecule has 3 aliphatic rings. The number of nitrogens with two attached hydrogens (primary N) is 3. The number of unbranched alkanes of at least 4 members (excludes halogenated alkanes) is 2. The van der Waals surface area contributed by atoms with Gasteiger partial charge in [-0.1, -0.05) is 88.1 Å². The molecule has 20 N–H and O–H groups in total. The van der Waals surface area contributed by atoms with Gasteiger partial charge in [-0.15, -0.1) is 11.8 Å². The smallest absolute Gasteiger partial charge is 0.246 e. The number of benzene rings is 3. The minimum absolute atomic E-state index is 0.00274. The zero-order valence-electron chi connectivity index (χ0n) is 68.9. The number of aromatic nitrogens is 2. The fourth-order valence-corrected chi connectivity index (χ4v) is 15.7. The highest BCUT2D eigenvalue weighted by atomic mass is 32.2. The predicted molar refractivity (Wildman–Crippen MR) is 443 cm³/mol. The van der Waals surface area contributed by atoms with Crippen molar-refractivity contribution in [1.82, 2.24) is 87.6 Å². The van der Waals surface area contributed by atoms with E-state index in [1.165, 1.54) is 57.2 Å². The van der Waals surface area contributed by atoms with Crippen molar-refractivity contribution in [3.05, 3.63) is 102 Å². The molecule has 0 saturated carbocycles. The fraction of sp³-hybridized carbons (Fsp3) is 0.506. The van der Waals surface area contributed by atoms with Crippen molar-refractivity contribution in [3.63, 3.8) is 0 Å². The molecule has 660 valence electrons.